The van der Waals surface area contributed by atoms with E-state index in [0.717, 1.165) is 12.0 Å². The molecule has 2 aliphatic rings. The minimum absolute atomic E-state index is 0.130. The van der Waals surface area contributed by atoms with Crippen molar-refractivity contribution in [3.05, 3.63) is 65.2 Å². The van der Waals surface area contributed by atoms with E-state index in [0.29, 0.717) is 52.4 Å². The molecule has 2 fully saturated rings. The van der Waals surface area contributed by atoms with Gasteiger partial charge in [0, 0.05) is 73.0 Å². The fourth-order valence-electron chi connectivity index (χ4n) is 4.67. The van der Waals surface area contributed by atoms with Crippen LogP contribution in [0, 0.1) is 0 Å². The van der Waals surface area contributed by atoms with Crippen LogP contribution in [0.5, 0.6) is 5.75 Å². The minimum atomic E-state index is -2.78. The number of amides is 2. The minimum Gasteiger partial charge on any atom is -0.489 e. The second kappa shape index (κ2) is 10.2. The first kappa shape index (κ1) is 24.2. The van der Waals surface area contributed by atoms with Crippen molar-refractivity contribution >= 4 is 23.4 Å². The van der Waals surface area contributed by atoms with E-state index in [-0.39, 0.29) is 30.3 Å². The van der Waals surface area contributed by atoms with Crippen molar-refractivity contribution in [1.82, 2.24) is 25.0 Å². The van der Waals surface area contributed by atoms with Crippen molar-refractivity contribution in [2.24, 2.45) is 0 Å². The Bertz CT molecular complexity index is 1270. The van der Waals surface area contributed by atoms with Crippen molar-refractivity contribution in [2.45, 2.75) is 50.9 Å². The molecule has 1 aromatic carbocycles. The van der Waals surface area contributed by atoms with Gasteiger partial charge in [-0.25, -0.2) is 4.68 Å². The van der Waals surface area contributed by atoms with Gasteiger partial charge in [0.25, 0.3) is 5.91 Å². The zero-order chi connectivity index (χ0) is 25.2. The number of aromatic nitrogens is 3. The molecule has 0 aliphatic carbocycles. The van der Waals surface area contributed by atoms with E-state index in [1.165, 1.54) is 24.7 Å². The molecule has 2 aromatic heterocycles. The van der Waals surface area contributed by atoms with Gasteiger partial charge >= 0.3 is 6.55 Å². The van der Waals surface area contributed by atoms with Gasteiger partial charge in [0.1, 0.15) is 17.5 Å². The highest BCUT2D eigenvalue weighted by molar-refractivity contribution is 6.30. The number of piperidine rings is 1. The number of carbonyl (C=O) groups excluding carboxylic acids is 2. The molecular weight excluding hydrogens is 492 g/mol. The Hall–Kier alpha value is -3.53. The summed E-state index contributed by atoms with van der Waals surface area (Å²) in [5.41, 5.74) is 1.87. The van der Waals surface area contributed by atoms with Gasteiger partial charge in [0.15, 0.2) is 0 Å². The standard InChI is InChI=1S/C25H24ClF2N5O3/c26-17-3-1-15(2-4-17)11-30-24(35)21-10-22(20(13-29-21)16-12-31-33(14-16)25(27)28)36-19-7-8-32-18(9-19)5-6-23(32)34/h1-4,10,12-14,18-19,25H,5-9,11H2,(H,30,35)/t18-,19+/m1/s1. The lowest BCUT2D eigenvalue weighted by Crippen LogP contribution is -2.44. The maximum absolute atomic E-state index is 13.1. The zero-order valence-corrected chi connectivity index (χ0v) is 20.0. The number of carbonyl (C=O) groups is 2. The topological polar surface area (TPSA) is 89.4 Å². The van der Waals surface area contributed by atoms with Crippen LogP contribution in [0.15, 0.2) is 48.9 Å². The molecule has 4 heterocycles. The molecule has 0 radical (unpaired) electrons. The molecule has 2 saturated heterocycles. The van der Waals surface area contributed by atoms with Crippen LogP contribution in [0.3, 0.4) is 0 Å². The molecule has 36 heavy (non-hydrogen) atoms. The van der Waals surface area contributed by atoms with Crippen molar-refractivity contribution in [3.8, 4) is 16.9 Å². The predicted molar refractivity (Wildman–Crippen MR) is 128 cm³/mol. The van der Waals surface area contributed by atoms with Gasteiger partial charge in [-0.2, -0.15) is 13.9 Å². The Kier molecular flexibility index (Phi) is 6.86. The summed E-state index contributed by atoms with van der Waals surface area (Å²) < 4.78 is 33.1. The first-order valence-electron chi connectivity index (χ1n) is 11.7. The summed E-state index contributed by atoms with van der Waals surface area (Å²) in [6, 6.07) is 8.77. The monoisotopic (exact) mass is 515 g/mol. The van der Waals surface area contributed by atoms with E-state index >= 15 is 0 Å². The first-order valence-corrected chi connectivity index (χ1v) is 12.1. The van der Waals surface area contributed by atoms with Crippen molar-refractivity contribution in [2.75, 3.05) is 6.54 Å². The molecule has 0 unspecified atom stereocenters. The Morgan fingerprint density at radius 2 is 2.03 bits per heavy atom. The summed E-state index contributed by atoms with van der Waals surface area (Å²) in [5.74, 6) is 0.126. The largest absolute Gasteiger partial charge is 0.489 e. The Morgan fingerprint density at radius 3 is 2.78 bits per heavy atom. The summed E-state index contributed by atoms with van der Waals surface area (Å²) in [7, 11) is 0. The van der Waals surface area contributed by atoms with Gasteiger partial charge in [0.05, 0.1) is 6.20 Å². The third kappa shape index (κ3) is 5.18. The average Bonchev–Trinajstić information content (AvgIpc) is 3.51. The van der Waals surface area contributed by atoms with Crippen LogP contribution in [0.4, 0.5) is 8.78 Å². The molecule has 1 N–H and O–H groups in total. The first-order chi connectivity index (χ1) is 17.4. The third-order valence-corrected chi connectivity index (χ3v) is 6.80. The number of halogens is 3. The molecular formula is C25H24ClF2N5O3. The third-order valence-electron chi connectivity index (χ3n) is 6.55. The number of rotatable bonds is 7. The molecule has 0 saturated carbocycles. The molecule has 0 spiro atoms. The second-order valence-corrected chi connectivity index (χ2v) is 9.34. The van der Waals surface area contributed by atoms with Gasteiger partial charge in [-0.05, 0) is 24.1 Å². The average molecular weight is 516 g/mol. The fraction of sp³-hybridized carbons (Fsp3) is 0.360. The van der Waals surface area contributed by atoms with Crippen LogP contribution in [0.2, 0.25) is 5.02 Å². The van der Waals surface area contributed by atoms with Gasteiger partial charge in [-0.3, -0.25) is 14.6 Å². The maximum Gasteiger partial charge on any atom is 0.333 e. The van der Waals surface area contributed by atoms with Crippen LogP contribution in [-0.2, 0) is 11.3 Å². The molecule has 8 nitrogen and oxygen atoms in total. The van der Waals surface area contributed by atoms with Crippen LogP contribution < -0.4 is 10.1 Å². The van der Waals surface area contributed by atoms with Gasteiger partial charge in [-0.1, -0.05) is 23.7 Å². The highest BCUT2D eigenvalue weighted by Gasteiger charge is 2.37. The van der Waals surface area contributed by atoms with E-state index < -0.39 is 12.5 Å². The van der Waals surface area contributed by atoms with Crippen LogP contribution >= 0.6 is 11.6 Å². The number of hydrogen-bond acceptors (Lipinski definition) is 5. The number of fused-ring (bicyclic) bond motifs is 1. The molecule has 2 amide bonds. The van der Waals surface area contributed by atoms with Crippen molar-refractivity contribution in [3.63, 3.8) is 0 Å². The normalized spacial score (nSPS) is 19.4. The lowest BCUT2D eigenvalue weighted by Gasteiger charge is -2.35. The quantitative estimate of drug-likeness (QED) is 0.502. The van der Waals surface area contributed by atoms with Crippen LogP contribution in [0.1, 0.15) is 48.3 Å². The van der Waals surface area contributed by atoms with Gasteiger partial charge in [-0.15, -0.1) is 0 Å². The zero-order valence-electron chi connectivity index (χ0n) is 19.2. The molecule has 188 valence electrons. The number of nitrogens with zero attached hydrogens (tertiary/aromatic N) is 4. The Labute approximate surface area is 211 Å². The van der Waals surface area contributed by atoms with E-state index in [1.807, 2.05) is 17.0 Å². The molecule has 0 bridgehead atoms. The molecule has 11 heteroatoms. The lowest BCUT2D eigenvalue weighted by molar-refractivity contribution is -0.130. The van der Waals surface area contributed by atoms with E-state index in [1.54, 1.807) is 12.1 Å². The highest BCUT2D eigenvalue weighted by Crippen LogP contribution is 2.35. The predicted octanol–water partition coefficient (Wildman–Crippen LogP) is 4.46. The van der Waals surface area contributed by atoms with E-state index in [9.17, 15) is 18.4 Å². The number of alkyl halides is 2. The van der Waals surface area contributed by atoms with Crippen LogP contribution in [-0.4, -0.2) is 50.2 Å². The van der Waals surface area contributed by atoms with Gasteiger partial charge in [0.2, 0.25) is 5.91 Å². The molecule has 5 rings (SSSR count). The number of pyridine rings is 1. The van der Waals surface area contributed by atoms with E-state index in [2.05, 4.69) is 15.4 Å². The lowest BCUT2D eigenvalue weighted by atomic mass is 9.99. The Balaban J connectivity index is 1.37. The summed E-state index contributed by atoms with van der Waals surface area (Å²) in [5, 5.41) is 7.13. The number of hydrogen-bond donors (Lipinski definition) is 1. The van der Waals surface area contributed by atoms with Crippen molar-refractivity contribution < 1.29 is 23.1 Å². The summed E-state index contributed by atoms with van der Waals surface area (Å²) >= 11 is 5.91. The summed E-state index contributed by atoms with van der Waals surface area (Å²) in [4.78, 5) is 31.0. The summed E-state index contributed by atoms with van der Waals surface area (Å²) in [6.45, 7) is -1.89. The SMILES string of the molecule is O=C(NCc1ccc(Cl)cc1)c1cc(O[C@H]2CCN3C(=O)CC[C@@H]3C2)c(-c2cnn(C(F)F)c2)cn1. The van der Waals surface area contributed by atoms with Crippen molar-refractivity contribution in [1.29, 1.82) is 0 Å². The smallest absolute Gasteiger partial charge is 0.333 e. The Morgan fingerprint density at radius 1 is 1.22 bits per heavy atom. The number of benzene rings is 1. The number of ether oxygens (including phenoxy) is 1. The molecule has 2 atom stereocenters. The van der Waals surface area contributed by atoms with Crippen LogP contribution in [0.25, 0.3) is 11.1 Å². The number of nitrogens with one attached hydrogen (secondary N) is 1. The van der Waals surface area contributed by atoms with E-state index in [4.69, 9.17) is 16.3 Å². The molecule has 2 aliphatic heterocycles. The fourth-order valence-corrected chi connectivity index (χ4v) is 4.80. The summed E-state index contributed by atoms with van der Waals surface area (Å²) in [6.07, 6.45) is 6.42. The second-order valence-electron chi connectivity index (χ2n) is 8.91. The van der Waals surface area contributed by atoms with Gasteiger partial charge < -0.3 is 15.0 Å². The highest BCUT2D eigenvalue weighted by atomic mass is 35.5. The molecule has 3 aromatic rings. The maximum atomic E-state index is 13.1.